The molecule has 6 amide bonds. The number of rotatable bonds is 8. The molecule has 15 heteroatoms. The van der Waals surface area contributed by atoms with Crippen molar-refractivity contribution in [1.82, 2.24) is 19.6 Å². The Labute approximate surface area is 325 Å². The van der Waals surface area contributed by atoms with E-state index < -0.39 is 0 Å². The number of halogens is 2. The Kier molecular flexibility index (Phi) is 15.9. The van der Waals surface area contributed by atoms with Crippen molar-refractivity contribution >= 4 is 60.1 Å². The van der Waals surface area contributed by atoms with Gasteiger partial charge in [-0.3, -0.25) is 9.59 Å². The van der Waals surface area contributed by atoms with Crippen molar-refractivity contribution in [2.45, 2.75) is 51.4 Å². The molecule has 53 heavy (non-hydrogen) atoms. The zero-order valence-corrected chi connectivity index (χ0v) is 32.1. The predicted octanol–water partition coefficient (Wildman–Crippen LogP) is 5.20. The predicted molar refractivity (Wildman–Crippen MR) is 211 cm³/mol. The minimum absolute atomic E-state index is 0. The SMILES string of the molecule is Cl.Cl.NCC1CCC(C(=O)N2CCN(C(=O)Nc3ccc(Oc4ccc(NC(=O)N5CCN(C(=O)C6CCC(CN)CC6)CC5)cc4)cc3)CC2)CC1. The average molecular weight is 776 g/mol. The summed E-state index contributed by atoms with van der Waals surface area (Å²) in [4.78, 5) is 59.2. The Morgan fingerprint density at radius 2 is 0.811 bits per heavy atom. The number of ether oxygens (including phenoxy) is 1. The monoisotopic (exact) mass is 774 g/mol. The zero-order chi connectivity index (χ0) is 35.7. The molecule has 2 saturated heterocycles. The quantitative estimate of drug-likeness (QED) is 0.286. The summed E-state index contributed by atoms with van der Waals surface area (Å²) in [5.41, 5.74) is 12.9. The maximum absolute atomic E-state index is 13.0. The maximum Gasteiger partial charge on any atom is 0.321 e. The van der Waals surface area contributed by atoms with Gasteiger partial charge in [0.05, 0.1) is 0 Å². The smallest absolute Gasteiger partial charge is 0.321 e. The second-order valence-electron chi connectivity index (χ2n) is 14.5. The third kappa shape index (κ3) is 11.1. The van der Waals surface area contributed by atoms with E-state index in [4.69, 9.17) is 16.2 Å². The Morgan fingerprint density at radius 3 is 1.11 bits per heavy atom. The summed E-state index contributed by atoms with van der Waals surface area (Å²) < 4.78 is 5.99. The van der Waals surface area contributed by atoms with Crippen LogP contribution in [0.2, 0.25) is 0 Å². The number of nitrogens with zero attached hydrogens (tertiary/aromatic N) is 4. The molecule has 0 unspecified atom stereocenters. The van der Waals surface area contributed by atoms with Crippen LogP contribution in [0, 0.1) is 23.7 Å². The number of carbonyl (C=O) groups excluding carboxylic acids is 4. The summed E-state index contributed by atoms with van der Waals surface area (Å²) in [7, 11) is 0. The topological polar surface area (TPSA) is 167 Å². The van der Waals surface area contributed by atoms with Gasteiger partial charge in [0.1, 0.15) is 11.5 Å². The summed E-state index contributed by atoms with van der Waals surface area (Å²) in [5.74, 6) is 2.90. The normalized spacial score (nSPS) is 23.2. The summed E-state index contributed by atoms with van der Waals surface area (Å²) in [5, 5.41) is 5.90. The van der Waals surface area contributed by atoms with Crippen LogP contribution in [0.5, 0.6) is 11.5 Å². The Balaban J connectivity index is 0.00000314. The van der Waals surface area contributed by atoms with Crippen LogP contribution in [0.1, 0.15) is 51.4 Å². The highest BCUT2D eigenvalue weighted by atomic mass is 35.5. The molecule has 2 aromatic carbocycles. The lowest BCUT2D eigenvalue weighted by molar-refractivity contribution is -0.139. The zero-order valence-electron chi connectivity index (χ0n) is 30.5. The molecule has 0 spiro atoms. The molecule has 2 aliphatic heterocycles. The van der Waals surface area contributed by atoms with Crippen molar-refractivity contribution < 1.29 is 23.9 Å². The number of benzene rings is 2. The lowest BCUT2D eigenvalue weighted by atomic mass is 9.81. The van der Waals surface area contributed by atoms with Gasteiger partial charge in [0.15, 0.2) is 0 Å². The molecule has 2 aliphatic carbocycles. The van der Waals surface area contributed by atoms with E-state index in [1.807, 2.05) is 9.80 Å². The van der Waals surface area contributed by atoms with E-state index in [9.17, 15) is 19.2 Å². The van der Waals surface area contributed by atoms with Gasteiger partial charge in [-0.05, 0) is 125 Å². The number of anilines is 2. The largest absolute Gasteiger partial charge is 0.457 e. The molecule has 292 valence electrons. The van der Waals surface area contributed by atoms with Crippen molar-refractivity contribution in [1.29, 1.82) is 0 Å². The fourth-order valence-electron chi connectivity index (χ4n) is 7.82. The summed E-state index contributed by atoms with van der Waals surface area (Å²) >= 11 is 0. The maximum atomic E-state index is 13.0. The van der Waals surface area contributed by atoms with Gasteiger partial charge >= 0.3 is 12.1 Å². The molecule has 4 aliphatic rings. The highest BCUT2D eigenvalue weighted by Gasteiger charge is 2.33. The third-order valence-corrected chi connectivity index (χ3v) is 11.3. The summed E-state index contributed by atoms with van der Waals surface area (Å²) in [6.45, 7) is 5.61. The molecule has 0 radical (unpaired) electrons. The number of hydrogen-bond donors (Lipinski definition) is 4. The van der Waals surface area contributed by atoms with E-state index >= 15 is 0 Å². The van der Waals surface area contributed by atoms with E-state index in [-0.39, 0.29) is 60.5 Å². The molecular formula is C38H56Cl2N8O5. The number of urea groups is 2. The van der Waals surface area contributed by atoms with Crippen LogP contribution in [0.25, 0.3) is 0 Å². The highest BCUT2D eigenvalue weighted by Crippen LogP contribution is 2.31. The minimum Gasteiger partial charge on any atom is -0.457 e. The first-order valence-electron chi connectivity index (χ1n) is 18.8. The number of nitrogens with two attached hydrogens (primary N) is 2. The van der Waals surface area contributed by atoms with Crippen LogP contribution in [-0.2, 0) is 9.59 Å². The number of carbonyl (C=O) groups is 4. The van der Waals surface area contributed by atoms with Gasteiger partial charge in [-0.25, -0.2) is 9.59 Å². The Hall–Kier alpha value is -3.78. The molecule has 6 rings (SSSR count). The molecule has 0 bridgehead atoms. The summed E-state index contributed by atoms with van der Waals surface area (Å²) in [6.07, 6.45) is 7.72. The van der Waals surface area contributed by atoms with Gasteiger partial charge in [0.25, 0.3) is 0 Å². The molecule has 4 fully saturated rings. The first-order chi connectivity index (χ1) is 24.8. The van der Waals surface area contributed by atoms with Gasteiger partial charge in [-0.1, -0.05) is 0 Å². The van der Waals surface area contributed by atoms with Crippen LogP contribution < -0.4 is 26.8 Å². The Morgan fingerprint density at radius 1 is 0.509 bits per heavy atom. The van der Waals surface area contributed by atoms with Crippen molar-refractivity contribution in [2.75, 3.05) is 76.1 Å². The van der Waals surface area contributed by atoms with Gasteiger partial charge in [-0.2, -0.15) is 0 Å². The van der Waals surface area contributed by atoms with Crippen molar-refractivity contribution in [3.05, 3.63) is 48.5 Å². The van der Waals surface area contributed by atoms with Gasteiger partial charge in [0, 0.05) is 75.6 Å². The molecule has 2 saturated carbocycles. The van der Waals surface area contributed by atoms with Crippen LogP contribution in [0.3, 0.4) is 0 Å². The standard InChI is InChI=1S/C38H54N8O5.2ClH/c39-25-27-1-5-29(6-2-27)35(47)43-17-21-45(22-18-43)37(49)41-31-9-13-33(14-10-31)51-34-15-11-32(12-16-34)42-38(50)46-23-19-44(20-24-46)36(48)30-7-3-28(26-40)4-8-30;;/h9-16,27-30H,1-8,17-26,39-40H2,(H,41,49)(H,42,50);2*1H. The second kappa shape index (κ2) is 20.1. The molecular weight excluding hydrogens is 719 g/mol. The van der Waals surface area contributed by atoms with Crippen LogP contribution in [0.4, 0.5) is 21.0 Å². The molecule has 2 aromatic rings. The summed E-state index contributed by atoms with van der Waals surface area (Å²) in [6, 6.07) is 13.9. The Bertz CT molecular complexity index is 1370. The van der Waals surface area contributed by atoms with E-state index in [2.05, 4.69) is 10.6 Å². The molecule has 2 heterocycles. The second-order valence-corrected chi connectivity index (χ2v) is 14.5. The van der Waals surface area contributed by atoms with Gasteiger partial charge in [-0.15, -0.1) is 24.8 Å². The molecule has 13 nitrogen and oxygen atoms in total. The van der Waals surface area contributed by atoms with E-state index in [0.717, 1.165) is 51.4 Å². The third-order valence-electron chi connectivity index (χ3n) is 11.3. The van der Waals surface area contributed by atoms with Gasteiger partial charge < -0.3 is 46.4 Å². The van der Waals surface area contributed by atoms with E-state index in [1.165, 1.54) is 0 Å². The van der Waals surface area contributed by atoms with E-state index in [1.54, 1.807) is 58.3 Å². The first kappa shape index (κ1) is 42.0. The lowest BCUT2D eigenvalue weighted by Crippen LogP contribution is -2.53. The number of amides is 6. The lowest BCUT2D eigenvalue weighted by Gasteiger charge is -2.37. The van der Waals surface area contributed by atoms with Crippen molar-refractivity contribution in [3.8, 4) is 11.5 Å². The fourth-order valence-corrected chi connectivity index (χ4v) is 7.82. The molecule has 0 aromatic heterocycles. The van der Waals surface area contributed by atoms with Gasteiger partial charge in [0.2, 0.25) is 11.8 Å². The fraction of sp³-hybridized carbons (Fsp3) is 0.579. The average Bonchev–Trinajstić information content (AvgIpc) is 3.19. The van der Waals surface area contributed by atoms with Crippen molar-refractivity contribution in [3.63, 3.8) is 0 Å². The molecule has 6 N–H and O–H groups in total. The van der Waals surface area contributed by atoms with Crippen molar-refractivity contribution in [2.24, 2.45) is 35.1 Å². The highest BCUT2D eigenvalue weighted by molar-refractivity contribution is 5.90. The first-order valence-corrected chi connectivity index (χ1v) is 18.8. The van der Waals surface area contributed by atoms with Crippen LogP contribution >= 0.6 is 24.8 Å². The van der Waals surface area contributed by atoms with E-state index in [0.29, 0.717) is 100 Å². The van der Waals surface area contributed by atoms with Crippen LogP contribution in [-0.4, -0.2) is 109 Å². The molecule has 0 atom stereocenters. The van der Waals surface area contributed by atoms with Crippen LogP contribution in [0.15, 0.2) is 48.5 Å². The number of hydrogen-bond acceptors (Lipinski definition) is 7. The minimum atomic E-state index is -0.187. The number of piperazine rings is 2. The number of nitrogens with one attached hydrogen (secondary N) is 2.